The van der Waals surface area contributed by atoms with Gasteiger partial charge in [-0.25, -0.2) is 9.59 Å². The first kappa shape index (κ1) is 19.7. The van der Waals surface area contributed by atoms with Gasteiger partial charge >= 0.3 is 11.9 Å². The standard InChI is InChI=1S/C12H23NO8/c1-13-21-12(15)10-20-11(14)9-19-8-7-18-6-5-17-4-3-16-2/h13H,3-10H2,1-2H3. The molecule has 0 amide bonds. The minimum absolute atomic E-state index is 0.244. The van der Waals surface area contributed by atoms with Gasteiger partial charge in [0.1, 0.15) is 6.61 Å². The normalized spacial score (nSPS) is 10.4. The highest BCUT2D eigenvalue weighted by molar-refractivity contribution is 5.76. The molecule has 0 aromatic rings. The summed E-state index contributed by atoms with van der Waals surface area (Å²) < 4.78 is 24.8. The molecule has 0 aliphatic rings. The van der Waals surface area contributed by atoms with Gasteiger partial charge in [0.05, 0.1) is 39.6 Å². The van der Waals surface area contributed by atoms with Crippen molar-refractivity contribution < 1.29 is 38.1 Å². The summed E-state index contributed by atoms with van der Waals surface area (Å²) in [5.41, 5.74) is 2.17. The van der Waals surface area contributed by atoms with E-state index in [9.17, 15) is 9.59 Å². The second-order valence-electron chi connectivity index (χ2n) is 3.61. The van der Waals surface area contributed by atoms with E-state index in [1.807, 2.05) is 0 Å². The molecule has 0 unspecified atom stereocenters. The molecule has 0 aromatic carbocycles. The van der Waals surface area contributed by atoms with Crippen LogP contribution in [0.15, 0.2) is 0 Å². The molecular weight excluding hydrogens is 286 g/mol. The van der Waals surface area contributed by atoms with Crippen LogP contribution in [0, 0.1) is 0 Å². The molecule has 0 bridgehead atoms. The van der Waals surface area contributed by atoms with Gasteiger partial charge in [0.15, 0.2) is 6.61 Å². The number of methoxy groups -OCH3 is 1. The Morgan fingerprint density at radius 2 is 1.38 bits per heavy atom. The van der Waals surface area contributed by atoms with Gasteiger partial charge in [0.25, 0.3) is 0 Å². The number of nitrogens with one attached hydrogen (secondary N) is 1. The maximum Gasteiger partial charge on any atom is 0.362 e. The summed E-state index contributed by atoms with van der Waals surface area (Å²) in [6.45, 7) is 1.85. The third-order valence-electron chi connectivity index (χ3n) is 1.96. The van der Waals surface area contributed by atoms with Gasteiger partial charge in [-0.15, -0.1) is 0 Å². The fourth-order valence-electron chi connectivity index (χ4n) is 1.06. The van der Waals surface area contributed by atoms with Gasteiger partial charge in [-0.2, -0.15) is 5.48 Å². The van der Waals surface area contributed by atoms with Crippen molar-refractivity contribution in [2.45, 2.75) is 0 Å². The fraction of sp³-hybridized carbons (Fsp3) is 0.833. The molecule has 9 nitrogen and oxygen atoms in total. The number of esters is 1. The van der Waals surface area contributed by atoms with E-state index < -0.39 is 18.5 Å². The Hall–Kier alpha value is -1.26. The topological polar surface area (TPSA) is 102 Å². The molecule has 0 radical (unpaired) electrons. The molecule has 0 aromatic heterocycles. The average Bonchev–Trinajstić information content (AvgIpc) is 2.47. The fourth-order valence-corrected chi connectivity index (χ4v) is 1.06. The zero-order chi connectivity index (χ0) is 15.8. The molecular formula is C12H23NO8. The Morgan fingerprint density at radius 3 is 1.95 bits per heavy atom. The first-order valence-corrected chi connectivity index (χ1v) is 6.45. The number of carbonyl (C=O) groups is 2. The second kappa shape index (κ2) is 15.1. The summed E-state index contributed by atoms with van der Waals surface area (Å²) in [6, 6.07) is 0. The first-order valence-electron chi connectivity index (χ1n) is 6.45. The Balaban J connectivity index is 3.23. The van der Waals surface area contributed by atoms with Crippen LogP contribution in [0.25, 0.3) is 0 Å². The zero-order valence-electron chi connectivity index (χ0n) is 12.4. The van der Waals surface area contributed by atoms with Crippen LogP contribution >= 0.6 is 0 Å². The van der Waals surface area contributed by atoms with Crippen LogP contribution in [-0.4, -0.2) is 79.0 Å². The van der Waals surface area contributed by atoms with Gasteiger partial charge in [-0.05, 0) is 0 Å². The SMILES string of the molecule is CNOC(=O)COC(=O)COCCOCCOCCOC. The number of carbonyl (C=O) groups excluding carboxylic acids is 2. The van der Waals surface area contributed by atoms with E-state index in [2.05, 4.69) is 15.1 Å². The first-order chi connectivity index (χ1) is 10.2. The monoisotopic (exact) mass is 309 g/mol. The van der Waals surface area contributed by atoms with Gasteiger partial charge in [0.2, 0.25) is 0 Å². The smallest absolute Gasteiger partial charge is 0.362 e. The minimum Gasteiger partial charge on any atom is -0.452 e. The van der Waals surface area contributed by atoms with Crippen molar-refractivity contribution in [3.63, 3.8) is 0 Å². The van der Waals surface area contributed by atoms with Crippen LogP contribution in [0.3, 0.4) is 0 Å². The number of rotatable bonds is 14. The van der Waals surface area contributed by atoms with Crippen molar-refractivity contribution in [2.24, 2.45) is 0 Å². The molecule has 0 saturated heterocycles. The van der Waals surface area contributed by atoms with Crippen molar-refractivity contribution in [2.75, 3.05) is 67.0 Å². The Kier molecular flexibility index (Phi) is 14.2. The number of hydroxylamine groups is 1. The third kappa shape index (κ3) is 15.0. The molecule has 9 heteroatoms. The molecule has 124 valence electrons. The summed E-state index contributed by atoms with van der Waals surface area (Å²) in [4.78, 5) is 26.3. The summed E-state index contributed by atoms with van der Waals surface area (Å²) in [6.07, 6.45) is 0. The van der Waals surface area contributed by atoms with Crippen molar-refractivity contribution in [1.82, 2.24) is 5.48 Å². The predicted molar refractivity (Wildman–Crippen MR) is 70.4 cm³/mol. The lowest BCUT2D eigenvalue weighted by molar-refractivity contribution is -0.165. The molecule has 1 N–H and O–H groups in total. The van der Waals surface area contributed by atoms with E-state index in [-0.39, 0.29) is 13.2 Å². The van der Waals surface area contributed by atoms with Crippen LogP contribution in [0.5, 0.6) is 0 Å². The second-order valence-corrected chi connectivity index (χ2v) is 3.61. The minimum atomic E-state index is -0.692. The molecule has 0 rings (SSSR count). The molecule has 0 saturated carbocycles. The third-order valence-corrected chi connectivity index (χ3v) is 1.96. The number of hydrogen-bond acceptors (Lipinski definition) is 9. The van der Waals surface area contributed by atoms with Crippen LogP contribution in [-0.2, 0) is 38.1 Å². The summed E-state index contributed by atoms with van der Waals surface area (Å²) >= 11 is 0. The van der Waals surface area contributed by atoms with Crippen LogP contribution in [0.1, 0.15) is 0 Å². The summed E-state index contributed by atoms with van der Waals surface area (Å²) in [5, 5.41) is 0. The van der Waals surface area contributed by atoms with Crippen LogP contribution in [0.2, 0.25) is 0 Å². The highest BCUT2D eigenvalue weighted by Crippen LogP contribution is 1.85. The van der Waals surface area contributed by atoms with Gasteiger partial charge in [-0.1, -0.05) is 0 Å². The van der Waals surface area contributed by atoms with E-state index in [0.717, 1.165) is 0 Å². The van der Waals surface area contributed by atoms with E-state index >= 15 is 0 Å². The summed E-state index contributed by atoms with van der Waals surface area (Å²) in [5.74, 6) is -1.34. The maximum atomic E-state index is 11.1. The largest absolute Gasteiger partial charge is 0.452 e. The van der Waals surface area contributed by atoms with E-state index in [1.54, 1.807) is 7.11 Å². The lowest BCUT2D eigenvalue weighted by atomic mass is 10.6. The van der Waals surface area contributed by atoms with Crippen molar-refractivity contribution in [1.29, 1.82) is 0 Å². The average molecular weight is 309 g/mol. The molecule has 0 atom stereocenters. The molecule has 0 spiro atoms. The quantitative estimate of drug-likeness (QED) is 0.243. The van der Waals surface area contributed by atoms with Crippen LogP contribution < -0.4 is 5.48 Å². The Labute approximate surface area is 123 Å². The van der Waals surface area contributed by atoms with Crippen LogP contribution in [0.4, 0.5) is 0 Å². The molecule has 0 aliphatic heterocycles. The van der Waals surface area contributed by atoms with Gasteiger partial charge in [-0.3, -0.25) is 0 Å². The predicted octanol–water partition coefficient (Wildman–Crippen LogP) is -1.10. The highest BCUT2D eigenvalue weighted by atomic mass is 16.7. The van der Waals surface area contributed by atoms with Gasteiger partial charge < -0.3 is 28.5 Å². The maximum absolute atomic E-state index is 11.1. The highest BCUT2D eigenvalue weighted by Gasteiger charge is 2.08. The molecule has 0 fully saturated rings. The van der Waals surface area contributed by atoms with E-state index in [1.165, 1.54) is 7.05 Å². The van der Waals surface area contributed by atoms with Crippen molar-refractivity contribution in [3.8, 4) is 0 Å². The Bertz CT molecular complexity index is 274. The zero-order valence-corrected chi connectivity index (χ0v) is 12.4. The van der Waals surface area contributed by atoms with E-state index in [4.69, 9.17) is 18.9 Å². The lowest BCUT2D eigenvalue weighted by Gasteiger charge is -2.07. The summed E-state index contributed by atoms with van der Waals surface area (Å²) in [7, 11) is 3.03. The number of hydrogen-bond donors (Lipinski definition) is 1. The van der Waals surface area contributed by atoms with Crippen molar-refractivity contribution >= 4 is 11.9 Å². The molecule has 0 aliphatic carbocycles. The van der Waals surface area contributed by atoms with Gasteiger partial charge in [0, 0.05) is 14.2 Å². The Morgan fingerprint density at radius 1 is 0.810 bits per heavy atom. The van der Waals surface area contributed by atoms with E-state index in [0.29, 0.717) is 33.0 Å². The number of ether oxygens (including phenoxy) is 5. The lowest BCUT2D eigenvalue weighted by Crippen LogP contribution is -2.23. The molecule has 21 heavy (non-hydrogen) atoms. The van der Waals surface area contributed by atoms with Crippen molar-refractivity contribution in [3.05, 3.63) is 0 Å². The molecule has 0 heterocycles.